The molecule has 0 aliphatic heterocycles. The fraction of sp³-hybridized carbons (Fsp3) is 0.500. The summed E-state index contributed by atoms with van der Waals surface area (Å²) in [5.41, 5.74) is 3.62. The Kier molecular flexibility index (Phi) is 5.31. The van der Waals surface area contributed by atoms with E-state index in [9.17, 15) is 0 Å². The van der Waals surface area contributed by atoms with Crippen molar-refractivity contribution in [1.29, 1.82) is 0 Å². The summed E-state index contributed by atoms with van der Waals surface area (Å²) >= 11 is 0. The van der Waals surface area contributed by atoms with Gasteiger partial charge in [-0.25, -0.2) is 0 Å². The van der Waals surface area contributed by atoms with E-state index in [-0.39, 0.29) is 0 Å². The van der Waals surface area contributed by atoms with E-state index in [0.29, 0.717) is 11.8 Å². The molecule has 0 saturated heterocycles. The van der Waals surface area contributed by atoms with E-state index in [0.717, 1.165) is 37.4 Å². The van der Waals surface area contributed by atoms with Crippen LogP contribution < -0.4 is 4.74 Å². The molecule has 2 aromatic heterocycles. The van der Waals surface area contributed by atoms with Crippen LogP contribution in [0.15, 0.2) is 30.5 Å². The van der Waals surface area contributed by atoms with Crippen molar-refractivity contribution < 1.29 is 4.74 Å². The van der Waals surface area contributed by atoms with E-state index in [4.69, 9.17) is 4.74 Å². The number of ether oxygens (including phenoxy) is 1. The lowest BCUT2D eigenvalue weighted by atomic mass is 10.1. The Morgan fingerprint density at radius 2 is 1.76 bits per heavy atom. The lowest BCUT2D eigenvalue weighted by Gasteiger charge is -2.12. The third-order valence-electron chi connectivity index (χ3n) is 4.82. The average molecular weight is 338 g/mol. The summed E-state index contributed by atoms with van der Waals surface area (Å²) in [4.78, 5) is 4.53. The van der Waals surface area contributed by atoms with Gasteiger partial charge in [0.2, 0.25) is 0 Å². The molecule has 0 N–H and O–H groups in total. The summed E-state index contributed by atoms with van der Waals surface area (Å²) in [6.45, 7) is 12.9. The van der Waals surface area contributed by atoms with E-state index < -0.39 is 0 Å². The van der Waals surface area contributed by atoms with Gasteiger partial charge in [0.1, 0.15) is 5.75 Å². The molecule has 0 fully saturated rings. The number of hydrogen-bond donors (Lipinski definition) is 0. The van der Waals surface area contributed by atoms with Crippen molar-refractivity contribution in [3.8, 4) is 5.75 Å². The average Bonchev–Trinajstić information content (AvgIpc) is 2.87. The van der Waals surface area contributed by atoms with Crippen LogP contribution >= 0.6 is 0 Å². The van der Waals surface area contributed by atoms with Crippen molar-refractivity contribution in [2.45, 2.75) is 54.0 Å². The van der Waals surface area contributed by atoms with Gasteiger partial charge in [0.05, 0.1) is 23.3 Å². The zero-order valence-corrected chi connectivity index (χ0v) is 16.2. The van der Waals surface area contributed by atoms with E-state index >= 15 is 0 Å². The molecule has 3 rings (SSSR count). The Labute approximate surface area is 151 Å². The Balaban J connectivity index is 2.05. The minimum absolute atomic E-state index is 0.662. The van der Waals surface area contributed by atoms with E-state index in [1.165, 1.54) is 21.8 Å². The summed E-state index contributed by atoms with van der Waals surface area (Å²) < 4.78 is 8.44. The van der Waals surface area contributed by atoms with Crippen LogP contribution in [0.3, 0.4) is 0 Å². The molecule has 0 spiro atoms. The molecular formula is C22H30N2O. The number of hydrogen-bond acceptors (Lipinski definition) is 2. The maximum absolute atomic E-state index is 6.00. The van der Waals surface area contributed by atoms with Crippen LogP contribution in [0.1, 0.15) is 46.2 Å². The Morgan fingerprint density at radius 3 is 2.48 bits per heavy atom. The maximum atomic E-state index is 6.00. The van der Waals surface area contributed by atoms with Crippen LogP contribution in [0.2, 0.25) is 0 Å². The minimum atomic E-state index is 0.662. The molecule has 0 unspecified atom stereocenters. The van der Waals surface area contributed by atoms with Crippen LogP contribution in [0.5, 0.6) is 5.75 Å². The first-order chi connectivity index (χ1) is 12.0. The number of aryl methyl sites for hydroxylation is 2. The number of benzene rings is 1. The first-order valence-electron chi connectivity index (χ1n) is 9.47. The molecule has 3 aromatic rings. The van der Waals surface area contributed by atoms with Crippen molar-refractivity contribution in [1.82, 2.24) is 9.55 Å². The molecule has 0 saturated carbocycles. The number of nitrogens with zero attached hydrogens (tertiary/aromatic N) is 2. The number of aromatic nitrogens is 2. The zero-order chi connectivity index (χ0) is 18.0. The fourth-order valence-corrected chi connectivity index (χ4v) is 3.32. The molecule has 0 aliphatic carbocycles. The quantitative estimate of drug-likeness (QED) is 0.531. The van der Waals surface area contributed by atoms with Crippen molar-refractivity contribution in [2.24, 2.45) is 11.8 Å². The molecule has 2 heterocycles. The molecule has 0 radical (unpaired) electrons. The smallest absolute Gasteiger partial charge is 0.121 e. The molecule has 134 valence electrons. The number of pyridine rings is 1. The van der Waals surface area contributed by atoms with Crippen LogP contribution in [0, 0.1) is 18.8 Å². The highest BCUT2D eigenvalue weighted by atomic mass is 16.5. The number of rotatable bonds is 7. The van der Waals surface area contributed by atoms with Gasteiger partial charge in [-0.15, -0.1) is 0 Å². The van der Waals surface area contributed by atoms with Crippen molar-refractivity contribution in [3.63, 3.8) is 0 Å². The topological polar surface area (TPSA) is 27.1 Å². The number of fused-ring (bicyclic) bond motifs is 3. The van der Waals surface area contributed by atoms with E-state index in [1.54, 1.807) is 0 Å². The third kappa shape index (κ3) is 3.81. The van der Waals surface area contributed by atoms with Gasteiger partial charge in [0.25, 0.3) is 0 Å². The lowest BCUT2D eigenvalue weighted by Crippen LogP contribution is -2.03. The standard InChI is InChI=1S/C22H30N2O/c1-15(2)9-12-24-21-14-18(25-13-10-16(3)4)6-7-19(21)20-8-11-23-17(5)22(20)24/h6-8,11,14-16H,9-10,12-13H2,1-5H3. The Morgan fingerprint density at radius 1 is 1.00 bits per heavy atom. The summed E-state index contributed by atoms with van der Waals surface area (Å²) in [7, 11) is 0. The van der Waals surface area contributed by atoms with Crippen LogP contribution in [-0.2, 0) is 6.54 Å². The molecule has 0 atom stereocenters. The molecule has 0 bridgehead atoms. The minimum Gasteiger partial charge on any atom is -0.494 e. The predicted octanol–water partition coefficient (Wildman–Crippen LogP) is 5.97. The highest BCUT2D eigenvalue weighted by Gasteiger charge is 2.14. The maximum Gasteiger partial charge on any atom is 0.121 e. The Hall–Kier alpha value is -2.03. The molecule has 3 heteroatoms. The molecule has 3 nitrogen and oxygen atoms in total. The molecule has 0 aliphatic rings. The highest BCUT2D eigenvalue weighted by Crippen LogP contribution is 2.33. The molecule has 1 aromatic carbocycles. The van der Waals surface area contributed by atoms with Crippen LogP contribution in [0.4, 0.5) is 0 Å². The van der Waals surface area contributed by atoms with Gasteiger partial charge in [0, 0.05) is 29.6 Å². The van der Waals surface area contributed by atoms with Gasteiger partial charge in [-0.2, -0.15) is 0 Å². The lowest BCUT2D eigenvalue weighted by molar-refractivity contribution is 0.290. The molecular weight excluding hydrogens is 308 g/mol. The normalized spacial score (nSPS) is 12.0. The van der Waals surface area contributed by atoms with Gasteiger partial charge < -0.3 is 9.30 Å². The first kappa shape index (κ1) is 17.8. The van der Waals surface area contributed by atoms with E-state index in [2.05, 4.69) is 68.4 Å². The van der Waals surface area contributed by atoms with Gasteiger partial charge in [-0.3, -0.25) is 4.98 Å². The largest absolute Gasteiger partial charge is 0.494 e. The van der Waals surface area contributed by atoms with Crippen molar-refractivity contribution in [3.05, 3.63) is 36.2 Å². The van der Waals surface area contributed by atoms with Gasteiger partial charge in [0.15, 0.2) is 0 Å². The third-order valence-corrected chi connectivity index (χ3v) is 4.82. The van der Waals surface area contributed by atoms with Gasteiger partial charge in [-0.05, 0) is 49.8 Å². The van der Waals surface area contributed by atoms with E-state index in [1.807, 2.05) is 6.20 Å². The molecule has 0 amide bonds. The summed E-state index contributed by atoms with van der Waals surface area (Å²) in [5, 5.41) is 2.58. The fourth-order valence-electron chi connectivity index (χ4n) is 3.32. The second kappa shape index (κ2) is 7.47. The monoisotopic (exact) mass is 338 g/mol. The van der Waals surface area contributed by atoms with Crippen molar-refractivity contribution in [2.75, 3.05) is 6.61 Å². The van der Waals surface area contributed by atoms with Gasteiger partial charge in [-0.1, -0.05) is 27.7 Å². The summed E-state index contributed by atoms with van der Waals surface area (Å²) in [5.74, 6) is 2.30. The molecule has 25 heavy (non-hydrogen) atoms. The second-order valence-corrected chi connectivity index (χ2v) is 7.84. The van der Waals surface area contributed by atoms with Crippen LogP contribution in [0.25, 0.3) is 21.8 Å². The van der Waals surface area contributed by atoms with Crippen molar-refractivity contribution >= 4 is 21.8 Å². The SMILES string of the molecule is Cc1nccc2c3ccc(OCCC(C)C)cc3n(CCC(C)C)c12. The zero-order valence-electron chi connectivity index (χ0n) is 16.2. The van der Waals surface area contributed by atoms with Crippen LogP contribution in [-0.4, -0.2) is 16.2 Å². The Bertz CT molecular complexity index is 861. The first-order valence-corrected chi connectivity index (χ1v) is 9.47. The summed E-state index contributed by atoms with van der Waals surface area (Å²) in [6.07, 6.45) is 4.15. The summed E-state index contributed by atoms with van der Waals surface area (Å²) in [6, 6.07) is 8.64. The predicted molar refractivity (Wildman–Crippen MR) is 106 cm³/mol. The second-order valence-electron chi connectivity index (χ2n) is 7.84. The highest BCUT2D eigenvalue weighted by molar-refractivity contribution is 6.09. The van der Waals surface area contributed by atoms with Gasteiger partial charge >= 0.3 is 0 Å².